The van der Waals surface area contributed by atoms with Crippen molar-refractivity contribution < 1.29 is 9.72 Å². The molecule has 0 radical (unpaired) electrons. The van der Waals surface area contributed by atoms with Crippen LogP contribution in [0, 0.1) is 10.1 Å². The van der Waals surface area contributed by atoms with Gasteiger partial charge in [0.05, 0.1) is 10.5 Å². The van der Waals surface area contributed by atoms with Crippen molar-refractivity contribution in [3.63, 3.8) is 0 Å². The Hall–Kier alpha value is -2.15. The normalized spacial score (nSPS) is 13.9. The fraction of sp³-hybridized carbons (Fsp3) is 0.562. The molecule has 1 aromatic rings. The second-order valence-electron chi connectivity index (χ2n) is 5.97. The highest BCUT2D eigenvalue weighted by atomic mass is 16.6. The number of carbonyl (C=O) groups is 1. The first kappa shape index (κ1) is 17.2. The van der Waals surface area contributed by atoms with E-state index in [1.54, 1.807) is 11.0 Å². The molecule has 0 spiro atoms. The fourth-order valence-corrected chi connectivity index (χ4v) is 2.66. The van der Waals surface area contributed by atoms with Gasteiger partial charge in [0.15, 0.2) is 0 Å². The van der Waals surface area contributed by atoms with Crippen LogP contribution in [0.1, 0.15) is 30.1 Å². The van der Waals surface area contributed by atoms with Gasteiger partial charge in [-0.1, -0.05) is 6.92 Å². The Morgan fingerprint density at radius 3 is 2.61 bits per heavy atom. The second kappa shape index (κ2) is 7.41. The lowest BCUT2D eigenvalue weighted by Crippen LogP contribution is -2.36. The molecule has 126 valence electrons. The van der Waals surface area contributed by atoms with Crippen LogP contribution in [0.25, 0.3) is 0 Å². The van der Waals surface area contributed by atoms with Crippen LogP contribution in [0.15, 0.2) is 18.2 Å². The zero-order valence-corrected chi connectivity index (χ0v) is 13.9. The maximum atomic E-state index is 12.4. The lowest BCUT2D eigenvalue weighted by molar-refractivity contribution is -0.384. The summed E-state index contributed by atoms with van der Waals surface area (Å²) in [4.78, 5) is 27.0. The molecule has 23 heavy (non-hydrogen) atoms. The van der Waals surface area contributed by atoms with Gasteiger partial charge in [-0.05, 0) is 25.5 Å². The molecule has 1 amide bonds. The Morgan fingerprint density at radius 2 is 2.09 bits per heavy atom. The standard InChI is InChI=1S/C16H24N4O3/c1-4-19(12-5-6-12)10-9-17-16(21)14-11-13(20(22)23)7-8-15(14)18(2)3/h7-8,11-12H,4-6,9-10H2,1-3H3,(H,17,21). The topological polar surface area (TPSA) is 78.7 Å². The summed E-state index contributed by atoms with van der Waals surface area (Å²) in [6.45, 7) is 4.43. The molecule has 1 aliphatic rings. The number of non-ortho nitro benzene ring substituents is 1. The van der Waals surface area contributed by atoms with Crippen molar-refractivity contribution in [3.05, 3.63) is 33.9 Å². The molecule has 0 saturated heterocycles. The number of carbonyl (C=O) groups excluding carboxylic acids is 1. The molecule has 1 fully saturated rings. The predicted octanol–water partition coefficient (Wildman–Crippen LogP) is 1.87. The van der Waals surface area contributed by atoms with E-state index >= 15 is 0 Å². The van der Waals surface area contributed by atoms with Gasteiger partial charge in [0.25, 0.3) is 11.6 Å². The van der Waals surface area contributed by atoms with Gasteiger partial charge in [0, 0.05) is 51.0 Å². The van der Waals surface area contributed by atoms with Gasteiger partial charge in [-0.15, -0.1) is 0 Å². The summed E-state index contributed by atoms with van der Waals surface area (Å²) in [5.74, 6) is -0.274. The molecule has 1 aromatic carbocycles. The molecular formula is C16H24N4O3. The minimum Gasteiger partial charge on any atom is -0.377 e. The molecule has 0 aromatic heterocycles. The first-order chi connectivity index (χ1) is 10.9. The highest BCUT2D eigenvalue weighted by Gasteiger charge is 2.27. The number of amides is 1. The Bertz CT molecular complexity index is 585. The summed E-state index contributed by atoms with van der Waals surface area (Å²) in [6.07, 6.45) is 2.47. The maximum Gasteiger partial charge on any atom is 0.270 e. The van der Waals surface area contributed by atoms with Crippen LogP contribution in [0.3, 0.4) is 0 Å². The number of nitrogens with zero attached hydrogens (tertiary/aromatic N) is 3. The number of nitro benzene ring substituents is 1. The number of benzene rings is 1. The molecule has 0 bridgehead atoms. The van der Waals surface area contributed by atoms with E-state index in [1.165, 1.54) is 25.0 Å². The quantitative estimate of drug-likeness (QED) is 0.584. The van der Waals surface area contributed by atoms with Crippen molar-refractivity contribution in [2.45, 2.75) is 25.8 Å². The summed E-state index contributed by atoms with van der Waals surface area (Å²) >= 11 is 0. The third kappa shape index (κ3) is 4.41. The molecule has 7 nitrogen and oxygen atoms in total. The third-order valence-electron chi connectivity index (χ3n) is 4.07. The lowest BCUT2D eigenvalue weighted by atomic mass is 10.1. The zero-order chi connectivity index (χ0) is 17.0. The SMILES string of the molecule is CCN(CCNC(=O)c1cc([N+](=O)[O-])ccc1N(C)C)C1CC1. The summed E-state index contributed by atoms with van der Waals surface area (Å²) in [6, 6.07) is 5.02. The smallest absolute Gasteiger partial charge is 0.270 e. The van der Waals surface area contributed by atoms with Crippen LogP contribution in [0.2, 0.25) is 0 Å². The van der Waals surface area contributed by atoms with Crippen molar-refractivity contribution in [1.29, 1.82) is 0 Å². The number of anilines is 1. The molecule has 0 heterocycles. The lowest BCUT2D eigenvalue weighted by Gasteiger charge is -2.20. The predicted molar refractivity (Wildman–Crippen MR) is 90.0 cm³/mol. The number of likely N-dealkylation sites (N-methyl/N-ethyl adjacent to an activating group) is 1. The minimum absolute atomic E-state index is 0.0751. The van der Waals surface area contributed by atoms with E-state index in [0.717, 1.165) is 13.1 Å². The second-order valence-corrected chi connectivity index (χ2v) is 5.97. The Labute approximate surface area is 136 Å². The highest BCUT2D eigenvalue weighted by molar-refractivity contribution is 6.00. The summed E-state index contributed by atoms with van der Waals surface area (Å²) in [5, 5.41) is 13.8. The van der Waals surface area contributed by atoms with Crippen molar-refractivity contribution in [2.75, 3.05) is 38.6 Å². The van der Waals surface area contributed by atoms with Gasteiger partial charge in [0.2, 0.25) is 0 Å². The van der Waals surface area contributed by atoms with Crippen molar-refractivity contribution in [1.82, 2.24) is 10.2 Å². The largest absolute Gasteiger partial charge is 0.377 e. The minimum atomic E-state index is -0.484. The summed E-state index contributed by atoms with van der Waals surface area (Å²) in [7, 11) is 3.62. The van der Waals surface area contributed by atoms with Crippen LogP contribution >= 0.6 is 0 Å². The number of hydrogen-bond acceptors (Lipinski definition) is 5. The molecule has 1 saturated carbocycles. The van der Waals surface area contributed by atoms with Gasteiger partial charge in [0.1, 0.15) is 0 Å². The van der Waals surface area contributed by atoms with Crippen molar-refractivity contribution in [2.24, 2.45) is 0 Å². The van der Waals surface area contributed by atoms with Gasteiger partial charge < -0.3 is 10.2 Å². The Morgan fingerprint density at radius 1 is 1.39 bits per heavy atom. The monoisotopic (exact) mass is 320 g/mol. The third-order valence-corrected chi connectivity index (χ3v) is 4.07. The van der Waals surface area contributed by atoms with Crippen LogP contribution in [-0.4, -0.2) is 55.5 Å². The van der Waals surface area contributed by atoms with Crippen LogP contribution < -0.4 is 10.2 Å². The first-order valence-corrected chi connectivity index (χ1v) is 7.92. The van der Waals surface area contributed by atoms with E-state index in [-0.39, 0.29) is 11.6 Å². The molecule has 2 rings (SSSR count). The molecule has 0 atom stereocenters. The molecule has 7 heteroatoms. The molecular weight excluding hydrogens is 296 g/mol. The van der Waals surface area contributed by atoms with Crippen LogP contribution in [0.4, 0.5) is 11.4 Å². The maximum absolute atomic E-state index is 12.4. The Kier molecular flexibility index (Phi) is 5.54. The van der Waals surface area contributed by atoms with Gasteiger partial charge in [-0.25, -0.2) is 0 Å². The van der Waals surface area contributed by atoms with Gasteiger partial charge in [-0.2, -0.15) is 0 Å². The van der Waals surface area contributed by atoms with E-state index < -0.39 is 4.92 Å². The number of nitro groups is 1. The average Bonchev–Trinajstić information content (AvgIpc) is 3.35. The summed E-state index contributed by atoms with van der Waals surface area (Å²) in [5.41, 5.74) is 0.926. The highest BCUT2D eigenvalue weighted by Crippen LogP contribution is 2.26. The van der Waals surface area contributed by atoms with E-state index in [2.05, 4.69) is 17.1 Å². The van der Waals surface area contributed by atoms with Gasteiger partial charge in [-0.3, -0.25) is 19.8 Å². The van der Waals surface area contributed by atoms with Crippen molar-refractivity contribution in [3.8, 4) is 0 Å². The molecule has 1 aliphatic carbocycles. The number of nitrogens with one attached hydrogen (secondary N) is 1. The zero-order valence-electron chi connectivity index (χ0n) is 13.9. The average molecular weight is 320 g/mol. The number of hydrogen-bond donors (Lipinski definition) is 1. The molecule has 0 unspecified atom stereocenters. The van der Waals surface area contributed by atoms with E-state index in [9.17, 15) is 14.9 Å². The van der Waals surface area contributed by atoms with Crippen LogP contribution in [-0.2, 0) is 0 Å². The Balaban J connectivity index is 2.04. The van der Waals surface area contributed by atoms with Crippen LogP contribution in [0.5, 0.6) is 0 Å². The van der Waals surface area contributed by atoms with Gasteiger partial charge >= 0.3 is 0 Å². The fourth-order valence-electron chi connectivity index (χ4n) is 2.66. The van der Waals surface area contributed by atoms with E-state index in [1.807, 2.05) is 14.1 Å². The first-order valence-electron chi connectivity index (χ1n) is 7.92. The number of rotatable bonds is 8. The van der Waals surface area contributed by atoms with Crippen molar-refractivity contribution >= 4 is 17.3 Å². The molecule has 0 aliphatic heterocycles. The molecule has 1 N–H and O–H groups in total. The van der Waals surface area contributed by atoms with E-state index in [0.29, 0.717) is 23.8 Å². The summed E-state index contributed by atoms with van der Waals surface area (Å²) < 4.78 is 0. The van der Waals surface area contributed by atoms with E-state index in [4.69, 9.17) is 0 Å².